The van der Waals surface area contributed by atoms with Gasteiger partial charge in [0.15, 0.2) is 5.96 Å². The summed E-state index contributed by atoms with van der Waals surface area (Å²) in [6, 6.07) is 17.9. The molecule has 0 amide bonds. The molecule has 3 aromatic carbocycles. The Morgan fingerprint density at radius 3 is 2.24 bits per heavy atom. The van der Waals surface area contributed by atoms with Crippen molar-refractivity contribution >= 4 is 66.2 Å². The maximum Gasteiger partial charge on any atom is 0.234 e. The van der Waals surface area contributed by atoms with Gasteiger partial charge in [-0.3, -0.25) is 9.71 Å². The van der Waals surface area contributed by atoms with Gasteiger partial charge in [0, 0.05) is 33.5 Å². The predicted molar refractivity (Wildman–Crippen MR) is 136 cm³/mol. The van der Waals surface area contributed by atoms with Gasteiger partial charge in [0.2, 0.25) is 10.0 Å². The Bertz CT molecular complexity index is 1460. The van der Waals surface area contributed by atoms with Crippen molar-refractivity contribution in [1.29, 1.82) is 0 Å². The number of hydrogen-bond donors (Lipinski definition) is 6. The minimum atomic E-state index is -3.59. The summed E-state index contributed by atoms with van der Waals surface area (Å²) in [6.45, 7) is -0.0207. The van der Waals surface area contributed by atoms with E-state index in [1.165, 1.54) is 0 Å². The highest BCUT2D eigenvalue weighted by molar-refractivity contribution is 7.92. The standard InChI is InChI=1S/C22H24N8O2S/c23-13-2-8-19-18(11-13)21(17-7-1-14(24)12-20(17)29-19)28-15-3-5-16(6-4-15)30-33(31,32)10-9-27-22(25)26/h1-8,11-12,30H,9-10,23-24H2,(H,28,29)(H4,25,26,27). The third kappa shape index (κ3) is 5.15. The van der Waals surface area contributed by atoms with Crippen LogP contribution in [0.5, 0.6) is 0 Å². The van der Waals surface area contributed by atoms with Gasteiger partial charge in [-0.2, -0.15) is 0 Å². The van der Waals surface area contributed by atoms with Gasteiger partial charge in [0.1, 0.15) is 0 Å². The number of nitrogens with zero attached hydrogens (tertiary/aromatic N) is 2. The molecular formula is C22H24N8O2S. The lowest BCUT2D eigenvalue weighted by Gasteiger charge is -2.15. The number of pyridine rings is 1. The summed E-state index contributed by atoms with van der Waals surface area (Å²) in [4.78, 5) is 8.39. The van der Waals surface area contributed by atoms with Crippen molar-refractivity contribution in [3.05, 3.63) is 60.7 Å². The molecule has 0 atom stereocenters. The molecule has 0 spiro atoms. The van der Waals surface area contributed by atoms with Crippen LogP contribution in [0.25, 0.3) is 21.8 Å². The van der Waals surface area contributed by atoms with Gasteiger partial charge in [-0.05, 0) is 60.7 Å². The number of sulfonamides is 1. The van der Waals surface area contributed by atoms with Crippen molar-refractivity contribution in [3.8, 4) is 0 Å². The molecule has 0 bridgehead atoms. The maximum absolute atomic E-state index is 12.2. The molecule has 0 fully saturated rings. The van der Waals surface area contributed by atoms with Crippen molar-refractivity contribution in [2.75, 3.05) is 33.8 Å². The molecule has 170 valence electrons. The molecule has 0 unspecified atom stereocenters. The molecule has 0 aliphatic rings. The number of hydrogen-bond acceptors (Lipinski definition) is 7. The highest BCUT2D eigenvalue weighted by atomic mass is 32.2. The van der Waals surface area contributed by atoms with Crippen molar-refractivity contribution < 1.29 is 8.42 Å². The fraction of sp³-hybridized carbons (Fsp3) is 0.0909. The molecule has 0 aliphatic heterocycles. The number of benzene rings is 3. The molecule has 33 heavy (non-hydrogen) atoms. The first-order valence-corrected chi connectivity index (χ1v) is 11.7. The molecular weight excluding hydrogens is 440 g/mol. The van der Waals surface area contributed by atoms with Crippen LogP contribution in [0.15, 0.2) is 65.7 Å². The van der Waals surface area contributed by atoms with E-state index < -0.39 is 10.0 Å². The SMILES string of the molecule is NC(N)=NCCS(=O)(=O)Nc1ccc(Nc2c3ccc(N)cc3nc3ccc(N)cc23)cc1. The van der Waals surface area contributed by atoms with Gasteiger partial charge in [0.25, 0.3) is 0 Å². The lowest BCUT2D eigenvalue weighted by atomic mass is 10.1. The number of rotatable bonds is 7. The second-order valence-electron chi connectivity index (χ2n) is 7.47. The van der Waals surface area contributed by atoms with Crippen LogP contribution >= 0.6 is 0 Å². The normalized spacial score (nSPS) is 11.4. The highest BCUT2D eigenvalue weighted by Crippen LogP contribution is 2.35. The van der Waals surface area contributed by atoms with E-state index in [1.807, 2.05) is 30.3 Å². The molecule has 1 heterocycles. The zero-order valence-corrected chi connectivity index (χ0v) is 18.4. The monoisotopic (exact) mass is 464 g/mol. The first-order valence-electron chi connectivity index (χ1n) is 10.0. The summed E-state index contributed by atoms with van der Waals surface area (Å²) in [7, 11) is -3.59. The Hall–Kier alpha value is -4.25. The summed E-state index contributed by atoms with van der Waals surface area (Å²) in [6.07, 6.45) is 0. The van der Waals surface area contributed by atoms with Gasteiger partial charge in [-0.25, -0.2) is 13.4 Å². The quantitative estimate of drug-likeness (QED) is 0.104. The van der Waals surface area contributed by atoms with E-state index in [9.17, 15) is 8.42 Å². The largest absolute Gasteiger partial charge is 0.399 e. The van der Waals surface area contributed by atoms with Gasteiger partial charge in [-0.15, -0.1) is 0 Å². The van der Waals surface area contributed by atoms with Gasteiger partial charge < -0.3 is 28.3 Å². The van der Waals surface area contributed by atoms with Crippen LogP contribution in [0.1, 0.15) is 0 Å². The molecule has 0 saturated heterocycles. The Kier molecular flexibility index (Phi) is 5.80. The first-order chi connectivity index (χ1) is 15.7. The number of fused-ring (bicyclic) bond motifs is 2. The predicted octanol–water partition coefficient (Wildman–Crippen LogP) is 2.31. The summed E-state index contributed by atoms with van der Waals surface area (Å²) in [5.74, 6) is -0.383. The fourth-order valence-corrected chi connectivity index (χ4v) is 4.33. The lowest BCUT2D eigenvalue weighted by molar-refractivity contribution is 0.601. The van der Waals surface area contributed by atoms with Gasteiger partial charge >= 0.3 is 0 Å². The Balaban J connectivity index is 1.63. The van der Waals surface area contributed by atoms with Crippen LogP contribution in [-0.2, 0) is 10.0 Å². The number of aromatic nitrogens is 1. The summed E-state index contributed by atoms with van der Waals surface area (Å²) in [5.41, 5.74) is 27.2. The zero-order chi connectivity index (χ0) is 23.6. The number of nitrogens with one attached hydrogen (secondary N) is 2. The molecule has 4 rings (SSSR count). The van der Waals surface area contributed by atoms with E-state index in [1.54, 1.807) is 30.3 Å². The second kappa shape index (κ2) is 8.71. The highest BCUT2D eigenvalue weighted by Gasteiger charge is 2.12. The average molecular weight is 465 g/mol. The van der Waals surface area contributed by atoms with Gasteiger partial charge in [0.05, 0.1) is 29.0 Å². The van der Waals surface area contributed by atoms with E-state index in [4.69, 9.17) is 27.9 Å². The van der Waals surface area contributed by atoms with Crippen molar-refractivity contribution in [1.82, 2.24) is 4.98 Å². The number of aliphatic imine (C=N–C) groups is 1. The van der Waals surface area contributed by atoms with Crippen molar-refractivity contribution in [2.24, 2.45) is 16.5 Å². The number of anilines is 5. The molecule has 4 aromatic rings. The zero-order valence-electron chi connectivity index (χ0n) is 17.6. The summed E-state index contributed by atoms with van der Waals surface area (Å²) >= 11 is 0. The number of nitrogen functional groups attached to an aromatic ring is 2. The van der Waals surface area contributed by atoms with Crippen LogP contribution in [0.3, 0.4) is 0 Å². The molecule has 0 saturated carbocycles. The Morgan fingerprint density at radius 1 is 0.848 bits per heavy atom. The summed E-state index contributed by atoms with van der Waals surface area (Å²) < 4.78 is 26.9. The van der Waals surface area contributed by atoms with Crippen LogP contribution in [-0.4, -0.2) is 31.7 Å². The molecule has 10 N–H and O–H groups in total. The second-order valence-corrected chi connectivity index (χ2v) is 9.31. The molecule has 1 aromatic heterocycles. The van der Waals surface area contributed by atoms with Crippen molar-refractivity contribution in [2.45, 2.75) is 0 Å². The Morgan fingerprint density at radius 2 is 1.52 bits per heavy atom. The van der Waals surface area contributed by atoms with E-state index >= 15 is 0 Å². The maximum atomic E-state index is 12.2. The molecule has 0 aliphatic carbocycles. The lowest BCUT2D eigenvalue weighted by Crippen LogP contribution is -2.25. The third-order valence-corrected chi connectivity index (χ3v) is 6.17. The van der Waals surface area contributed by atoms with Crippen molar-refractivity contribution in [3.63, 3.8) is 0 Å². The topological polar surface area (TPSA) is 188 Å². The fourth-order valence-electron chi connectivity index (χ4n) is 3.40. The molecule has 0 radical (unpaired) electrons. The van der Waals surface area contributed by atoms with E-state index in [0.29, 0.717) is 17.1 Å². The molecule has 10 nitrogen and oxygen atoms in total. The van der Waals surface area contributed by atoms with Crippen LogP contribution in [0.2, 0.25) is 0 Å². The number of nitrogens with two attached hydrogens (primary N) is 4. The minimum Gasteiger partial charge on any atom is -0.399 e. The van der Waals surface area contributed by atoms with E-state index in [2.05, 4.69) is 15.0 Å². The summed E-state index contributed by atoms with van der Waals surface area (Å²) in [5, 5.41) is 5.15. The smallest absolute Gasteiger partial charge is 0.234 e. The Labute approximate surface area is 190 Å². The van der Waals surface area contributed by atoms with Crippen LogP contribution < -0.4 is 33.0 Å². The van der Waals surface area contributed by atoms with E-state index in [-0.39, 0.29) is 18.3 Å². The van der Waals surface area contributed by atoms with E-state index in [0.717, 1.165) is 33.2 Å². The third-order valence-electron chi connectivity index (χ3n) is 4.90. The molecule has 11 heteroatoms. The van der Waals surface area contributed by atoms with Crippen LogP contribution in [0.4, 0.5) is 28.4 Å². The number of guanidine groups is 1. The first kappa shape index (κ1) is 22.0. The minimum absolute atomic E-state index is 0.0207. The average Bonchev–Trinajstić information content (AvgIpc) is 2.74. The van der Waals surface area contributed by atoms with Crippen LogP contribution in [0, 0.1) is 0 Å². The van der Waals surface area contributed by atoms with Gasteiger partial charge in [-0.1, -0.05) is 0 Å².